The van der Waals surface area contributed by atoms with E-state index in [1.165, 1.54) is 5.56 Å². The molecule has 0 saturated carbocycles. The molecule has 1 fully saturated rings. The van der Waals surface area contributed by atoms with Gasteiger partial charge in [0.2, 0.25) is 0 Å². The van der Waals surface area contributed by atoms with Gasteiger partial charge in [-0.3, -0.25) is 4.79 Å². The molecule has 1 saturated heterocycles. The zero-order chi connectivity index (χ0) is 17.6. The van der Waals surface area contributed by atoms with Crippen molar-refractivity contribution < 1.29 is 9.90 Å². The molecule has 4 nitrogen and oxygen atoms in total. The number of nitrogens with one attached hydrogen (secondary N) is 1. The number of β-amino-alcohol motifs (C(OH)–C–C–N with tert-alkyl or cyclic N) is 1. The van der Waals surface area contributed by atoms with Gasteiger partial charge in [-0.25, -0.2) is 0 Å². The lowest BCUT2D eigenvalue weighted by molar-refractivity contribution is -0.157. The second-order valence-corrected chi connectivity index (χ2v) is 7.61. The molecule has 0 bridgehead atoms. The molecule has 1 aromatic rings. The lowest BCUT2D eigenvalue weighted by Gasteiger charge is -2.40. The Bertz CT molecular complexity index is 530. The fraction of sp³-hybridized carbons (Fsp3) is 0.650. The molecule has 1 heterocycles. The number of piperidine rings is 1. The Morgan fingerprint density at radius 1 is 1.29 bits per heavy atom. The van der Waals surface area contributed by atoms with E-state index in [9.17, 15) is 9.90 Å². The number of rotatable bonds is 8. The second-order valence-electron chi connectivity index (χ2n) is 7.61. The Labute approximate surface area is 146 Å². The lowest BCUT2D eigenvalue weighted by atomic mass is 9.90. The van der Waals surface area contributed by atoms with E-state index >= 15 is 0 Å². The van der Waals surface area contributed by atoms with Gasteiger partial charge < -0.3 is 15.3 Å². The van der Waals surface area contributed by atoms with Gasteiger partial charge >= 0.3 is 0 Å². The quantitative estimate of drug-likeness (QED) is 0.770. The first-order valence-electron chi connectivity index (χ1n) is 9.17. The van der Waals surface area contributed by atoms with Crippen molar-refractivity contribution in [3.63, 3.8) is 0 Å². The van der Waals surface area contributed by atoms with E-state index in [1.807, 2.05) is 23.1 Å². The SMILES string of the molecule is CCC(C)(C)NC[C@]1(O)CCCN(CCCc2ccccc2)C1=O. The highest BCUT2D eigenvalue weighted by molar-refractivity contribution is 5.86. The molecule has 2 rings (SSSR count). The summed E-state index contributed by atoms with van der Waals surface area (Å²) >= 11 is 0. The van der Waals surface area contributed by atoms with Crippen LogP contribution in [0.25, 0.3) is 0 Å². The molecule has 1 aliphatic rings. The van der Waals surface area contributed by atoms with Crippen molar-refractivity contribution in [3.05, 3.63) is 35.9 Å². The van der Waals surface area contributed by atoms with Gasteiger partial charge in [-0.1, -0.05) is 37.3 Å². The predicted molar refractivity (Wildman–Crippen MR) is 97.9 cm³/mol. The van der Waals surface area contributed by atoms with Crippen LogP contribution in [0, 0.1) is 0 Å². The van der Waals surface area contributed by atoms with Crippen LogP contribution < -0.4 is 5.32 Å². The lowest BCUT2D eigenvalue weighted by Crippen LogP contribution is -2.60. The van der Waals surface area contributed by atoms with Crippen LogP contribution in [0.1, 0.15) is 52.0 Å². The number of likely N-dealkylation sites (tertiary alicyclic amines) is 1. The van der Waals surface area contributed by atoms with Crippen LogP contribution in [0.3, 0.4) is 0 Å². The van der Waals surface area contributed by atoms with Crippen LogP contribution in [-0.4, -0.2) is 46.7 Å². The molecule has 1 aromatic carbocycles. The average molecular weight is 332 g/mol. The molecule has 1 amide bonds. The Morgan fingerprint density at radius 2 is 2.00 bits per heavy atom. The van der Waals surface area contributed by atoms with Crippen molar-refractivity contribution in [3.8, 4) is 0 Å². The molecule has 4 heteroatoms. The van der Waals surface area contributed by atoms with E-state index < -0.39 is 5.60 Å². The summed E-state index contributed by atoms with van der Waals surface area (Å²) in [6, 6.07) is 10.3. The van der Waals surface area contributed by atoms with E-state index in [2.05, 4.69) is 38.2 Å². The predicted octanol–water partition coefficient (Wildman–Crippen LogP) is 2.75. The molecule has 0 aliphatic carbocycles. The first-order valence-corrected chi connectivity index (χ1v) is 9.17. The highest BCUT2D eigenvalue weighted by Gasteiger charge is 2.42. The summed E-state index contributed by atoms with van der Waals surface area (Å²) in [7, 11) is 0. The largest absolute Gasteiger partial charge is 0.379 e. The van der Waals surface area contributed by atoms with Crippen molar-refractivity contribution in [2.75, 3.05) is 19.6 Å². The minimum absolute atomic E-state index is 0.0639. The fourth-order valence-corrected chi connectivity index (χ4v) is 3.07. The topological polar surface area (TPSA) is 52.6 Å². The first kappa shape index (κ1) is 18.9. The van der Waals surface area contributed by atoms with Crippen molar-refractivity contribution in [2.45, 2.75) is 64.0 Å². The summed E-state index contributed by atoms with van der Waals surface area (Å²) < 4.78 is 0. The van der Waals surface area contributed by atoms with Crippen molar-refractivity contribution in [2.24, 2.45) is 0 Å². The first-order chi connectivity index (χ1) is 11.4. The Morgan fingerprint density at radius 3 is 2.67 bits per heavy atom. The molecule has 0 radical (unpaired) electrons. The van der Waals surface area contributed by atoms with E-state index in [0.717, 1.165) is 32.2 Å². The number of hydrogen-bond acceptors (Lipinski definition) is 3. The minimum atomic E-state index is -1.25. The molecule has 1 aliphatic heterocycles. The molecule has 0 aromatic heterocycles. The molecule has 0 unspecified atom stereocenters. The maximum Gasteiger partial charge on any atom is 0.255 e. The molecule has 134 valence electrons. The van der Waals surface area contributed by atoms with Crippen LogP contribution >= 0.6 is 0 Å². The number of aliphatic hydroxyl groups is 1. The number of nitrogens with zero attached hydrogens (tertiary/aromatic N) is 1. The molecule has 2 N–H and O–H groups in total. The maximum atomic E-state index is 12.7. The van der Waals surface area contributed by atoms with E-state index in [-0.39, 0.29) is 11.4 Å². The summed E-state index contributed by atoms with van der Waals surface area (Å²) in [5, 5.41) is 14.2. The standard InChI is InChI=1S/C20H32N2O2/c1-4-19(2,3)21-16-20(24)13-9-15-22(18(20)23)14-8-12-17-10-6-5-7-11-17/h5-7,10-11,21,24H,4,8-9,12-16H2,1-3H3/t20-/m1/s1. The number of benzene rings is 1. The number of aryl methyl sites for hydroxylation is 1. The highest BCUT2D eigenvalue weighted by Crippen LogP contribution is 2.23. The van der Waals surface area contributed by atoms with Gasteiger partial charge in [0.15, 0.2) is 5.60 Å². The Balaban J connectivity index is 1.87. The van der Waals surface area contributed by atoms with Crippen LogP contribution in [0.5, 0.6) is 0 Å². The smallest absolute Gasteiger partial charge is 0.255 e. The Kier molecular flexibility index (Phi) is 6.41. The minimum Gasteiger partial charge on any atom is -0.379 e. The third-order valence-electron chi connectivity index (χ3n) is 5.18. The van der Waals surface area contributed by atoms with E-state index in [4.69, 9.17) is 0 Å². The van der Waals surface area contributed by atoms with E-state index in [0.29, 0.717) is 19.5 Å². The summed E-state index contributed by atoms with van der Waals surface area (Å²) in [5.41, 5.74) is -0.0215. The summed E-state index contributed by atoms with van der Waals surface area (Å²) in [4.78, 5) is 14.6. The number of carbonyl (C=O) groups excluding carboxylic acids is 1. The third kappa shape index (κ3) is 5.05. The monoisotopic (exact) mass is 332 g/mol. The van der Waals surface area contributed by atoms with Crippen LogP contribution in [-0.2, 0) is 11.2 Å². The zero-order valence-electron chi connectivity index (χ0n) is 15.3. The van der Waals surface area contributed by atoms with Crippen molar-refractivity contribution in [1.82, 2.24) is 10.2 Å². The Hall–Kier alpha value is -1.39. The van der Waals surface area contributed by atoms with Crippen LogP contribution in [0.4, 0.5) is 0 Å². The maximum absolute atomic E-state index is 12.7. The molecular formula is C20H32N2O2. The van der Waals surface area contributed by atoms with Gasteiger partial charge in [-0.2, -0.15) is 0 Å². The van der Waals surface area contributed by atoms with Gasteiger partial charge in [-0.05, 0) is 51.5 Å². The van der Waals surface area contributed by atoms with Gasteiger partial charge in [0, 0.05) is 25.2 Å². The molecular weight excluding hydrogens is 300 g/mol. The summed E-state index contributed by atoms with van der Waals surface area (Å²) in [6.07, 6.45) is 4.26. The number of hydrogen-bond donors (Lipinski definition) is 2. The normalized spacial score (nSPS) is 22.0. The van der Waals surface area contributed by atoms with Gasteiger partial charge in [0.1, 0.15) is 0 Å². The molecule has 1 atom stereocenters. The number of carbonyl (C=O) groups is 1. The van der Waals surface area contributed by atoms with Gasteiger partial charge in [-0.15, -0.1) is 0 Å². The number of amides is 1. The summed E-state index contributed by atoms with van der Waals surface area (Å²) in [5.74, 6) is -0.110. The molecule has 24 heavy (non-hydrogen) atoms. The van der Waals surface area contributed by atoms with Crippen molar-refractivity contribution in [1.29, 1.82) is 0 Å². The van der Waals surface area contributed by atoms with Crippen LogP contribution in [0.15, 0.2) is 30.3 Å². The third-order valence-corrected chi connectivity index (χ3v) is 5.18. The highest BCUT2D eigenvalue weighted by atomic mass is 16.3. The fourth-order valence-electron chi connectivity index (χ4n) is 3.07. The molecule has 0 spiro atoms. The zero-order valence-corrected chi connectivity index (χ0v) is 15.3. The average Bonchev–Trinajstić information content (AvgIpc) is 2.58. The van der Waals surface area contributed by atoms with Crippen molar-refractivity contribution >= 4 is 5.91 Å². The van der Waals surface area contributed by atoms with E-state index in [1.54, 1.807) is 0 Å². The second kappa shape index (κ2) is 8.13. The van der Waals surface area contributed by atoms with Gasteiger partial charge in [0.05, 0.1) is 0 Å². The van der Waals surface area contributed by atoms with Crippen LogP contribution in [0.2, 0.25) is 0 Å². The van der Waals surface area contributed by atoms with Gasteiger partial charge in [0.25, 0.3) is 5.91 Å². The summed E-state index contributed by atoms with van der Waals surface area (Å²) in [6.45, 7) is 8.11.